The molecule has 0 saturated carbocycles. The molecule has 0 aromatic rings. The van der Waals surface area contributed by atoms with Crippen molar-refractivity contribution in [3.63, 3.8) is 0 Å². The second-order valence-corrected chi connectivity index (χ2v) is 3.66. The van der Waals surface area contributed by atoms with Gasteiger partial charge in [0.25, 0.3) is 0 Å². The molecule has 1 aliphatic heterocycles. The van der Waals surface area contributed by atoms with E-state index in [4.69, 9.17) is 4.74 Å². The zero-order valence-corrected chi connectivity index (χ0v) is 8.33. The smallest absolute Gasteiger partial charge is 0.0750 e. The highest BCUT2D eigenvalue weighted by molar-refractivity contribution is 5.85. The lowest BCUT2D eigenvalue weighted by molar-refractivity contribution is 0.0655. The third-order valence-electron chi connectivity index (χ3n) is 2.33. The Balaban J connectivity index is 0.000001000. The van der Waals surface area contributed by atoms with Gasteiger partial charge in [0.05, 0.1) is 6.10 Å². The molecule has 0 radical (unpaired) electrons. The molecule has 1 N–H and O–H groups in total. The normalized spacial score (nSPS) is 28.1. The minimum atomic E-state index is 0. The summed E-state index contributed by atoms with van der Waals surface area (Å²) < 4.78 is 5.55. The van der Waals surface area contributed by atoms with E-state index < -0.39 is 0 Å². The summed E-state index contributed by atoms with van der Waals surface area (Å²) in [5.74, 6) is 0. The quantitative estimate of drug-likeness (QED) is 0.693. The van der Waals surface area contributed by atoms with Crippen LogP contribution in [-0.2, 0) is 4.74 Å². The lowest BCUT2D eigenvalue weighted by Gasteiger charge is -2.24. The Morgan fingerprint density at radius 3 is 2.55 bits per heavy atom. The van der Waals surface area contributed by atoms with E-state index in [1.54, 1.807) is 0 Å². The molecule has 0 bridgehead atoms. The largest absolute Gasteiger partial charge is 0.376 e. The maximum atomic E-state index is 5.55. The number of ether oxygens (including phenoxy) is 1. The Labute approximate surface area is 75.1 Å². The number of nitrogens with one attached hydrogen (secondary N) is 1. The van der Waals surface area contributed by atoms with Crippen LogP contribution in [0.5, 0.6) is 0 Å². The van der Waals surface area contributed by atoms with Crippen LogP contribution < -0.4 is 5.32 Å². The van der Waals surface area contributed by atoms with Crippen LogP contribution in [0.2, 0.25) is 0 Å². The van der Waals surface area contributed by atoms with E-state index in [9.17, 15) is 0 Å². The predicted octanol–water partition coefficient (Wildman–Crippen LogP) is 1.44. The monoisotopic (exact) mass is 179 g/mol. The fourth-order valence-electron chi connectivity index (χ4n) is 1.37. The van der Waals surface area contributed by atoms with Crippen molar-refractivity contribution in [2.45, 2.75) is 26.4 Å². The molecule has 0 spiro atoms. The summed E-state index contributed by atoms with van der Waals surface area (Å²) in [7, 11) is 1.97. The molecule has 68 valence electrons. The second-order valence-electron chi connectivity index (χ2n) is 3.66. The number of likely N-dealkylation sites (N-methyl/N-ethyl adjacent to an activating group) is 1. The lowest BCUT2D eigenvalue weighted by atomic mass is 9.86. The fourth-order valence-corrected chi connectivity index (χ4v) is 1.37. The molecule has 1 fully saturated rings. The van der Waals surface area contributed by atoms with Gasteiger partial charge in [-0.3, -0.25) is 0 Å². The first-order valence-corrected chi connectivity index (χ1v) is 3.93. The third-order valence-corrected chi connectivity index (χ3v) is 2.33. The maximum Gasteiger partial charge on any atom is 0.0750 e. The molecule has 11 heavy (non-hydrogen) atoms. The molecule has 1 heterocycles. The average Bonchev–Trinajstić information content (AvgIpc) is 2.13. The predicted molar refractivity (Wildman–Crippen MR) is 49.3 cm³/mol. The SMILES string of the molecule is CNCC1OCCC1(C)C.Cl. The van der Waals surface area contributed by atoms with Crippen LogP contribution in [0.1, 0.15) is 20.3 Å². The van der Waals surface area contributed by atoms with E-state index in [2.05, 4.69) is 19.2 Å². The first-order valence-electron chi connectivity index (χ1n) is 3.93. The van der Waals surface area contributed by atoms with Crippen molar-refractivity contribution < 1.29 is 4.74 Å². The number of halogens is 1. The molecule has 0 aliphatic carbocycles. The van der Waals surface area contributed by atoms with Crippen LogP contribution in [0.25, 0.3) is 0 Å². The van der Waals surface area contributed by atoms with Crippen molar-refractivity contribution in [2.75, 3.05) is 20.2 Å². The maximum absolute atomic E-state index is 5.55. The van der Waals surface area contributed by atoms with Crippen molar-refractivity contribution in [1.29, 1.82) is 0 Å². The summed E-state index contributed by atoms with van der Waals surface area (Å²) >= 11 is 0. The van der Waals surface area contributed by atoms with Crippen LogP contribution in [0, 0.1) is 5.41 Å². The van der Waals surface area contributed by atoms with Gasteiger partial charge >= 0.3 is 0 Å². The first kappa shape index (κ1) is 11.2. The van der Waals surface area contributed by atoms with E-state index in [1.807, 2.05) is 7.05 Å². The van der Waals surface area contributed by atoms with Crippen LogP contribution in [0.4, 0.5) is 0 Å². The molecule has 0 amide bonds. The highest BCUT2D eigenvalue weighted by Crippen LogP contribution is 2.32. The Morgan fingerprint density at radius 1 is 1.55 bits per heavy atom. The van der Waals surface area contributed by atoms with E-state index in [1.165, 1.54) is 6.42 Å². The van der Waals surface area contributed by atoms with E-state index >= 15 is 0 Å². The minimum Gasteiger partial charge on any atom is -0.376 e. The zero-order valence-electron chi connectivity index (χ0n) is 7.52. The Morgan fingerprint density at radius 2 is 2.18 bits per heavy atom. The van der Waals surface area contributed by atoms with Crippen LogP contribution in [0.3, 0.4) is 0 Å². The van der Waals surface area contributed by atoms with Crippen molar-refractivity contribution in [1.82, 2.24) is 5.32 Å². The van der Waals surface area contributed by atoms with Crippen molar-refractivity contribution in [3.05, 3.63) is 0 Å². The summed E-state index contributed by atoms with van der Waals surface area (Å²) in [6.07, 6.45) is 1.61. The van der Waals surface area contributed by atoms with Gasteiger partial charge in [0, 0.05) is 13.2 Å². The van der Waals surface area contributed by atoms with Gasteiger partial charge in [0.1, 0.15) is 0 Å². The number of hydrogen-bond donors (Lipinski definition) is 1. The molecule has 0 aromatic heterocycles. The third kappa shape index (κ3) is 2.62. The fraction of sp³-hybridized carbons (Fsp3) is 1.00. The minimum absolute atomic E-state index is 0. The molecule has 1 atom stereocenters. The molecule has 1 rings (SSSR count). The highest BCUT2D eigenvalue weighted by atomic mass is 35.5. The standard InChI is InChI=1S/C8H17NO.ClH/c1-8(2)4-5-10-7(8)6-9-3;/h7,9H,4-6H2,1-3H3;1H. The highest BCUT2D eigenvalue weighted by Gasteiger charge is 2.34. The van der Waals surface area contributed by atoms with Gasteiger partial charge in [-0.25, -0.2) is 0 Å². The van der Waals surface area contributed by atoms with Gasteiger partial charge in [-0.2, -0.15) is 0 Å². The molecule has 3 heteroatoms. The average molecular weight is 180 g/mol. The van der Waals surface area contributed by atoms with Gasteiger partial charge in [-0.1, -0.05) is 13.8 Å². The first-order chi connectivity index (χ1) is 4.67. The zero-order chi connectivity index (χ0) is 7.61. The van der Waals surface area contributed by atoms with Gasteiger partial charge in [0.15, 0.2) is 0 Å². The number of hydrogen-bond acceptors (Lipinski definition) is 2. The van der Waals surface area contributed by atoms with E-state index in [-0.39, 0.29) is 12.4 Å². The van der Waals surface area contributed by atoms with Crippen molar-refractivity contribution >= 4 is 12.4 Å². The molecule has 2 nitrogen and oxygen atoms in total. The summed E-state index contributed by atoms with van der Waals surface area (Å²) in [4.78, 5) is 0. The van der Waals surface area contributed by atoms with Crippen molar-refractivity contribution in [2.24, 2.45) is 5.41 Å². The Kier molecular flexibility index (Phi) is 4.37. The van der Waals surface area contributed by atoms with Crippen LogP contribution in [-0.4, -0.2) is 26.3 Å². The molecule has 0 aromatic carbocycles. The van der Waals surface area contributed by atoms with Crippen LogP contribution >= 0.6 is 12.4 Å². The summed E-state index contributed by atoms with van der Waals surface area (Å²) in [5.41, 5.74) is 0.378. The molecular formula is C8H18ClNO. The summed E-state index contributed by atoms with van der Waals surface area (Å²) in [6.45, 7) is 6.44. The molecule has 1 saturated heterocycles. The molecule has 1 unspecified atom stereocenters. The Hall–Kier alpha value is 0.210. The van der Waals surface area contributed by atoms with Gasteiger partial charge < -0.3 is 10.1 Å². The molecular weight excluding hydrogens is 162 g/mol. The number of rotatable bonds is 2. The summed E-state index contributed by atoms with van der Waals surface area (Å²) in [5, 5.41) is 3.14. The van der Waals surface area contributed by atoms with Crippen LogP contribution in [0.15, 0.2) is 0 Å². The van der Waals surface area contributed by atoms with Gasteiger partial charge in [-0.05, 0) is 18.9 Å². The van der Waals surface area contributed by atoms with E-state index in [0.29, 0.717) is 11.5 Å². The lowest BCUT2D eigenvalue weighted by Crippen LogP contribution is -2.33. The molecule has 1 aliphatic rings. The van der Waals surface area contributed by atoms with Crippen molar-refractivity contribution in [3.8, 4) is 0 Å². The topological polar surface area (TPSA) is 21.3 Å². The van der Waals surface area contributed by atoms with Gasteiger partial charge in [0.2, 0.25) is 0 Å². The summed E-state index contributed by atoms with van der Waals surface area (Å²) in [6, 6.07) is 0. The van der Waals surface area contributed by atoms with E-state index in [0.717, 1.165) is 13.2 Å². The van der Waals surface area contributed by atoms with Gasteiger partial charge in [-0.15, -0.1) is 12.4 Å². The second kappa shape index (κ2) is 4.29. The Bertz CT molecular complexity index is 117.